The number of hydrogen-bond acceptors (Lipinski definition) is 5. The summed E-state index contributed by atoms with van der Waals surface area (Å²) in [5, 5.41) is 2.91. The number of halogens is 3. The monoisotopic (exact) mass is 408 g/mol. The van der Waals surface area contributed by atoms with E-state index in [2.05, 4.69) is 10.3 Å². The van der Waals surface area contributed by atoms with Gasteiger partial charge in [-0.05, 0) is 38.5 Å². The molecular formula is C20H19F3N2O4. The maximum Gasteiger partial charge on any atom is 0.513 e. The van der Waals surface area contributed by atoms with Crippen LogP contribution in [0.2, 0.25) is 0 Å². The maximum atomic E-state index is 13.7. The van der Waals surface area contributed by atoms with Gasteiger partial charge >= 0.3 is 12.3 Å². The number of pyridine rings is 1. The molecule has 9 heteroatoms. The number of hydrogen-bond donors (Lipinski definition) is 2. The van der Waals surface area contributed by atoms with Crippen LogP contribution in [-0.2, 0) is 15.7 Å². The molecule has 0 bridgehead atoms. The summed E-state index contributed by atoms with van der Waals surface area (Å²) in [6.07, 6.45) is -4.84. The minimum absolute atomic E-state index is 0.0159. The van der Waals surface area contributed by atoms with Crippen LogP contribution in [0.4, 0.5) is 23.7 Å². The second kappa shape index (κ2) is 7.65. The number of allylic oxidation sites excluding steroid dienone is 2. The third kappa shape index (κ3) is 4.13. The fourth-order valence-electron chi connectivity index (χ4n) is 3.24. The van der Waals surface area contributed by atoms with Gasteiger partial charge in [0, 0.05) is 11.9 Å². The highest BCUT2D eigenvalue weighted by molar-refractivity contribution is 5.68. The van der Waals surface area contributed by atoms with Crippen LogP contribution in [0.15, 0.2) is 52.8 Å². The van der Waals surface area contributed by atoms with E-state index in [-0.39, 0.29) is 16.9 Å². The van der Waals surface area contributed by atoms with E-state index in [1.165, 1.54) is 30.5 Å². The lowest BCUT2D eigenvalue weighted by Gasteiger charge is -2.30. The molecule has 2 aromatic rings. The fourth-order valence-corrected chi connectivity index (χ4v) is 3.24. The lowest BCUT2D eigenvalue weighted by atomic mass is 9.83. The number of nitrogens with one attached hydrogen (secondary N) is 2. The minimum atomic E-state index is -4.67. The molecule has 0 spiro atoms. The van der Waals surface area contributed by atoms with Crippen molar-refractivity contribution in [2.75, 3.05) is 5.32 Å². The summed E-state index contributed by atoms with van der Waals surface area (Å²) >= 11 is 0. The summed E-state index contributed by atoms with van der Waals surface area (Å²) in [5.74, 6) is -1.38. The highest BCUT2D eigenvalue weighted by Gasteiger charge is 2.40. The second-order valence-corrected chi connectivity index (χ2v) is 6.79. The van der Waals surface area contributed by atoms with E-state index in [0.717, 1.165) is 6.07 Å². The molecule has 2 heterocycles. The summed E-state index contributed by atoms with van der Waals surface area (Å²) in [5.41, 5.74) is -1.08. The molecule has 154 valence electrons. The number of benzene rings is 1. The molecule has 0 aliphatic carbocycles. The number of H-pyrrole nitrogens is 1. The van der Waals surface area contributed by atoms with Crippen LogP contribution in [0.25, 0.3) is 0 Å². The van der Waals surface area contributed by atoms with Crippen molar-refractivity contribution in [2.24, 2.45) is 0 Å². The third-order valence-corrected chi connectivity index (χ3v) is 4.34. The van der Waals surface area contributed by atoms with Crippen LogP contribution in [0.5, 0.6) is 0 Å². The third-order valence-electron chi connectivity index (χ3n) is 4.34. The summed E-state index contributed by atoms with van der Waals surface area (Å²) in [7, 11) is 0. The molecular weight excluding hydrogens is 389 g/mol. The zero-order valence-electron chi connectivity index (χ0n) is 15.9. The first kappa shape index (κ1) is 20.5. The molecule has 0 saturated carbocycles. The van der Waals surface area contributed by atoms with Crippen LogP contribution in [0.3, 0.4) is 0 Å². The molecule has 1 aromatic carbocycles. The van der Waals surface area contributed by atoms with Crippen molar-refractivity contribution in [1.82, 2.24) is 4.98 Å². The van der Waals surface area contributed by atoms with Crippen molar-refractivity contribution >= 4 is 11.8 Å². The lowest BCUT2D eigenvalue weighted by Crippen LogP contribution is -2.29. The number of aromatic nitrogens is 1. The number of fused-ring (bicyclic) bond motifs is 1. The van der Waals surface area contributed by atoms with Gasteiger partial charge in [0.25, 0.3) is 5.56 Å². The van der Waals surface area contributed by atoms with Crippen molar-refractivity contribution in [3.05, 3.63) is 75.0 Å². The summed E-state index contributed by atoms with van der Waals surface area (Å²) in [6, 6.07) is 6.41. The first-order chi connectivity index (χ1) is 13.6. The lowest BCUT2D eigenvalue weighted by molar-refractivity contribution is -0.138. The van der Waals surface area contributed by atoms with Gasteiger partial charge in [0.2, 0.25) is 0 Å². The number of alkyl halides is 3. The van der Waals surface area contributed by atoms with Crippen molar-refractivity contribution in [3.8, 4) is 0 Å². The molecule has 0 radical (unpaired) electrons. The molecule has 6 nitrogen and oxygen atoms in total. The van der Waals surface area contributed by atoms with Gasteiger partial charge in [-0.25, -0.2) is 4.79 Å². The predicted octanol–water partition coefficient (Wildman–Crippen LogP) is 4.74. The number of carbonyl (C=O) groups excluding carboxylic acids is 1. The van der Waals surface area contributed by atoms with E-state index in [4.69, 9.17) is 9.47 Å². The van der Waals surface area contributed by atoms with Crippen LogP contribution >= 0.6 is 0 Å². The number of aromatic amines is 1. The van der Waals surface area contributed by atoms with Gasteiger partial charge in [0.1, 0.15) is 5.76 Å². The Hall–Kier alpha value is -3.23. The van der Waals surface area contributed by atoms with Gasteiger partial charge in [-0.3, -0.25) is 4.79 Å². The predicted molar refractivity (Wildman–Crippen MR) is 99.4 cm³/mol. The van der Waals surface area contributed by atoms with Crippen molar-refractivity contribution in [1.29, 1.82) is 0 Å². The van der Waals surface area contributed by atoms with Gasteiger partial charge < -0.3 is 19.8 Å². The van der Waals surface area contributed by atoms with Crippen molar-refractivity contribution in [2.45, 2.75) is 39.0 Å². The first-order valence-corrected chi connectivity index (χ1v) is 8.83. The molecule has 1 aliphatic rings. The summed E-state index contributed by atoms with van der Waals surface area (Å²) < 4.78 is 51.3. The molecule has 0 saturated heterocycles. The molecule has 1 aliphatic heterocycles. The second-order valence-electron chi connectivity index (χ2n) is 6.79. The zero-order chi connectivity index (χ0) is 21.3. The molecule has 1 aromatic heterocycles. The smallest absolute Gasteiger partial charge is 0.431 e. The quantitative estimate of drug-likeness (QED) is 0.717. The molecule has 2 N–H and O–H groups in total. The van der Waals surface area contributed by atoms with Crippen molar-refractivity contribution in [3.63, 3.8) is 0 Å². The first-order valence-electron chi connectivity index (χ1n) is 8.83. The Morgan fingerprint density at radius 1 is 1.17 bits per heavy atom. The normalized spacial score (nSPS) is 16.3. The minimum Gasteiger partial charge on any atom is -0.431 e. The summed E-state index contributed by atoms with van der Waals surface area (Å²) in [4.78, 5) is 27.1. The molecule has 1 unspecified atom stereocenters. The zero-order valence-corrected chi connectivity index (χ0v) is 15.9. The average molecular weight is 408 g/mol. The van der Waals surface area contributed by atoms with Gasteiger partial charge in [-0.1, -0.05) is 18.2 Å². The average Bonchev–Trinajstić information content (AvgIpc) is 2.61. The van der Waals surface area contributed by atoms with Gasteiger partial charge in [-0.15, -0.1) is 0 Å². The summed E-state index contributed by atoms with van der Waals surface area (Å²) in [6.45, 7) is 4.77. The van der Waals surface area contributed by atoms with Crippen LogP contribution in [-0.4, -0.2) is 17.2 Å². The highest BCUT2D eigenvalue weighted by Crippen LogP contribution is 2.44. The standard InChI is InChI=1S/C20H19F3N2O4/c1-10(2)28-19(27)29-17-11(3)25-14-8-9-24-18(26)16(14)15(17)12-6-4-5-7-13(12)20(21,22)23/h4-10,15,25H,1-3H3,(H,24,26). The van der Waals surface area contributed by atoms with E-state index in [0.29, 0.717) is 11.4 Å². The highest BCUT2D eigenvalue weighted by atomic mass is 19.4. The Morgan fingerprint density at radius 2 is 1.86 bits per heavy atom. The SMILES string of the molecule is CC1=C(OC(=O)OC(C)C)C(c2ccccc2C(F)(F)F)c2c(cc[nH]c2=O)N1. The van der Waals surface area contributed by atoms with Crippen molar-refractivity contribution < 1.29 is 27.4 Å². The van der Waals surface area contributed by atoms with E-state index in [9.17, 15) is 22.8 Å². The fraction of sp³-hybridized carbons (Fsp3) is 0.300. The molecule has 29 heavy (non-hydrogen) atoms. The Kier molecular flexibility index (Phi) is 5.41. The number of carbonyl (C=O) groups is 1. The van der Waals surface area contributed by atoms with Crippen LogP contribution in [0, 0.1) is 0 Å². The van der Waals surface area contributed by atoms with Gasteiger partial charge in [0.15, 0.2) is 0 Å². The molecule has 0 amide bonds. The van der Waals surface area contributed by atoms with E-state index < -0.39 is 35.5 Å². The Morgan fingerprint density at radius 3 is 2.52 bits per heavy atom. The Bertz CT molecular complexity index is 1020. The molecule has 0 fully saturated rings. The number of ether oxygens (including phenoxy) is 2. The van der Waals surface area contributed by atoms with E-state index in [1.54, 1.807) is 20.8 Å². The van der Waals surface area contributed by atoms with E-state index >= 15 is 0 Å². The van der Waals surface area contributed by atoms with Gasteiger partial charge in [-0.2, -0.15) is 13.2 Å². The molecule has 1 atom stereocenters. The van der Waals surface area contributed by atoms with Crippen LogP contribution in [0.1, 0.15) is 43.4 Å². The number of anilines is 1. The maximum absolute atomic E-state index is 13.7. The Balaban J connectivity index is 2.22. The largest absolute Gasteiger partial charge is 0.513 e. The topological polar surface area (TPSA) is 80.4 Å². The Labute approximate surface area is 164 Å². The van der Waals surface area contributed by atoms with Crippen LogP contribution < -0.4 is 10.9 Å². The van der Waals surface area contributed by atoms with Gasteiger partial charge in [0.05, 0.1) is 28.8 Å². The molecule has 3 rings (SSSR count). The number of rotatable bonds is 3. The van der Waals surface area contributed by atoms with E-state index in [1.807, 2.05) is 0 Å².